The van der Waals surface area contributed by atoms with E-state index in [2.05, 4.69) is 34.4 Å². The van der Waals surface area contributed by atoms with Crippen molar-refractivity contribution >= 4 is 39.6 Å². The van der Waals surface area contributed by atoms with Crippen LogP contribution in [0.4, 0.5) is 0 Å². The molecular weight excluding hydrogens is 630 g/mol. The number of alkyl halides is 1. The van der Waals surface area contributed by atoms with Gasteiger partial charge in [-0.25, -0.2) is 0 Å². The van der Waals surface area contributed by atoms with Gasteiger partial charge < -0.3 is 29.7 Å². The van der Waals surface area contributed by atoms with Crippen molar-refractivity contribution in [3.8, 4) is 0 Å². The van der Waals surface area contributed by atoms with Crippen molar-refractivity contribution in [2.24, 2.45) is 11.8 Å². The van der Waals surface area contributed by atoms with Crippen LogP contribution in [0.2, 0.25) is 0 Å². The van der Waals surface area contributed by atoms with Crippen molar-refractivity contribution in [3.05, 3.63) is 61.2 Å². The fourth-order valence-electron chi connectivity index (χ4n) is 6.84. The Kier molecular flexibility index (Phi) is 11.4. The first kappa shape index (κ1) is 33.9. The van der Waals surface area contributed by atoms with Crippen LogP contribution in [0.5, 0.6) is 0 Å². The highest BCUT2D eigenvalue weighted by atomic mass is 79.9. The second kappa shape index (κ2) is 14.8. The van der Waals surface area contributed by atoms with Crippen LogP contribution in [0.15, 0.2) is 55.6 Å². The molecule has 1 aromatic carbocycles. The molecule has 0 aliphatic carbocycles. The van der Waals surface area contributed by atoms with Gasteiger partial charge in [0, 0.05) is 37.0 Å². The minimum atomic E-state index is -1.19. The molecule has 3 aliphatic rings. The molecule has 3 aliphatic heterocycles. The third-order valence-electron chi connectivity index (χ3n) is 8.85. The van der Waals surface area contributed by atoms with E-state index in [9.17, 15) is 24.3 Å². The number of hydrogen-bond acceptors (Lipinski definition) is 7. The molecule has 7 atom stereocenters. The number of nitrogens with zero attached hydrogens (tertiary/aromatic N) is 2. The number of fused-ring (bicyclic) bond motifs is 1. The summed E-state index contributed by atoms with van der Waals surface area (Å²) >= 11 is 3.71. The number of hydrogen-bond donors (Lipinski definition) is 2. The first-order chi connectivity index (χ1) is 21.1. The predicted octanol–water partition coefficient (Wildman–Crippen LogP) is 3.30. The minimum absolute atomic E-state index is 0.0318. The Hall–Kier alpha value is -3.02. The summed E-state index contributed by atoms with van der Waals surface area (Å²) in [5.41, 5.74) is -0.443. The zero-order chi connectivity index (χ0) is 32.0. The molecule has 44 heavy (non-hydrogen) atoms. The molecule has 0 saturated carbocycles. The second-order valence-electron chi connectivity index (χ2n) is 12.0. The van der Waals surface area contributed by atoms with Crippen LogP contribution in [0.3, 0.4) is 0 Å². The predicted molar refractivity (Wildman–Crippen MR) is 168 cm³/mol. The number of rotatable bonds is 16. The number of aliphatic hydroxyl groups is 1. The Labute approximate surface area is 267 Å². The number of nitrogens with one attached hydrogen (secondary N) is 1. The number of carbonyl (C=O) groups is 4. The number of allylic oxidation sites excluding steroid dienone is 1. The summed E-state index contributed by atoms with van der Waals surface area (Å²) < 4.78 is 12.1. The van der Waals surface area contributed by atoms with Crippen molar-refractivity contribution in [2.45, 2.75) is 80.6 Å². The molecule has 3 amide bonds. The number of unbranched alkanes of at least 4 members (excludes halogenated alkanes) is 1. The van der Waals surface area contributed by atoms with Crippen LogP contribution in [0.25, 0.3) is 0 Å². The summed E-state index contributed by atoms with van der Waals surface area (Å²) in [6, 6.07) is 7.49. The van der Waals surface area contributed by atoms with Crippen LogP contribution < -0.4 is 5.32 Å². The summed E-state index contributed by atoms with van der Waals surface area (Å²) in [5, 5.41) is 12.5. The third kappa shape index (κ3) is 6.65. The lowest BCUT2D eigenvalue weighted by Crippen LogP contribution is -2.58. The molecule has 0 radical (unpaired) electrons. The maximum absolute atomic E-state index is 14.2. The van der Waals surface area contributed by atoms with Crippen molar-refractivity contribution in [3.63, 3.8) is 0 Å². The SMILES string of the molecule is C=CCCC(=O)OC[C@H](NC(=O)[C@H]1[C@@H]2O[C@@]3(CC2Br)[C@@H]1C(=O)N(CCCCO)[C@@H]3C(=O)N(CC=C)C(C)C)c1ccccc1. The number of carbonyl (C=O) groups excluding carboxylic acids is 4. The van der Waals surface area contributed by atoms with Gasteiger partial charge in [0.25, 0.3) is 0 Å². The van der Waals surface area contributed by atoms with Gasteiger partial charge in [-0.1, -0.05) is 58.4 Å². The lowest BCUT2D eigenvalue weighted by molar-refractivity contribution is -0.149. The molecule has 3 saturated heterocycles. The van der Waals surface area contributed by atoms with E-state index in [-0.39, 0.29) is 48.9 Å². The van der Waals surface area contributed by atoms with E-state index in [0.717, 1.165) is 5.56 Å². The lowest BCUT2D eigenvalue weighted by Gasteiger charge is -2.38. The van der Waals surface area contributed by atoms with E-state index >= 15 is 0 Å². The fraction of sp³-hybridized carbons (Fsp3) is 0.576. The van der Waals surface area contributed by atoms with Crippen LogP contribution in [0, 0.1) is 11.8 Å². The highest BCUT2D eigenvalue weighted by Crippen LogP contribution is 2.60. The standard InChI is InChI=1S/C33H44BrN3O7/c1-5-7-15-25(39)43-20-24(22-13-9-8-10-14-22)35-30(40)26-27-31(41)37(17-11-12-18-38)29(32(42)36(16-6-2)21(3)4)33(27)19-23(34)28(26)44-33/h5-6,8-10,13-14,21,23-24,26-29,38H,1-2,7,11-12,15-20H2,3-4H3,(H,35,40)/t23?,24-,26+,27-,28+,29+,33-/m0/s1. The smallest absolute Gasteiger partial charge is 0.306 e. The van der Waals surface area contributed by atoms with Crippen molar-refractivity contribution < 1.29 is 33.8 Å². The van der Waals surface area contributed by atoms with Gasteiger partial charge in [0.2, 0.25) is 17.7 Å². The molecule has 240 valence electrons. The third-order valence-corrected chi connectivity index (χ3v) is 9.69. The summed E-state index contributed by atoms with van der Waals surface area (Å²) in [7, 11) is 0. The van der Waals surface area contributed by atoms with Gasteiger partial charge in [0.05, 0.1) is 24.0 Å². The maximum Gasteiger partial charge on any atom is 0.306 e. The summed E-state index contributed by atoms with van der Waals surface area (Å²) in [4.78, 5) is 58.0. The van der Waals surface area contributed by atoms with Gasteiger partial charge in [-0.3, -0.25) is 19.2 Å². The Morgan fingerprint density at radius 3 is 2.59 bits per heavy atom. The number of amides is 3. The average Bonchev–Trinajstić information content (AvgIpc) is 3.60. The van der Waals surface area contributed by atoms with Crippen LogP contribution >= 0.6 is 15.9 Å². The van der Waals surface area contributed by atoms with Crippen LogP contribution in [-0.2, 0) is 28.7 Å². The molecule has 2 bridgehead atoms. The van der Waals surface area contributed by atoms with Gasteiger partial charge in [-0.05, 0) is 45.1 Å². The maximum atomic E-state index is 14.2. The fourth-order valence-corrected chi connectivity index (χ4v) is 7.78. The van der Waals surface area contributed by atoms with Crippen molar-refractivity contribution in [1.29, 1.82) is 0 Å². The molecule has 10 nitrogen and oxygen atoms in total. The van der Waals surface area contributed by atoms with Crippen molar-refractivity contribution in [1.82, 2.24) is 15.1 Å². The molecular formula is C33H44BrN3O7. The van der Waals surface area contributed by atoms with Gasteiger partial charge in [-0.15, -0.1) is 13.2 Å². The second-order valence-corrected chi connectivity index (χ2v) is 13.2. The summed E-state index contributed by atoms with van der Waals surface area (Å²) in [6.07, 6.45) is 4.71. The van der Waals surface area contributed by atoms with Gasteiger partial charge >= 0.3 is 5.97 Å². The Balaban J connectivity index is 1.65. The molecule has 3 fully saturated rings. The van der Waals surface area contributed by atoms with Gasteiger partial charge in [-0.2, -0.15) is 0 Å². The number of benzene rings is 1. The number of esters is 1. The van der Waals surface area contributed by atoms with Crippen molar-refractivity contribution in [2.75, 3.05) is 26.3 Å². The van der Waals surface area contributed by atoms with Crippen LogP contribution in [-0.4, -0.2) is 93.5 Å². The number of ether oxygens (including phenoxy) is 2. The monoisotopic (exact) mass is 673 g/mol. The number of aliphatic hydroxyl groups excluding tert-OH is 1. The molecule has 0 aromatic heterocycles. The number of halogens is 1. The molecule has 11 heteroatoms. The van der Waals surface area contributed by atoms with E-state index in [4.69, 9.17) is 9.47 Å². The zero-order valence-corrected chi connectivity index (χ0v) is 27.1. The molecule has 1 aromatic rings. The Morgan fingerprint density at radius 2 is 1.95 bits per heavy atom. The van der Waals surface area contributed by atoms with Gasteiger partial charge in [0.15, 0.2) is 0 Å². The van der Waals surface area contributed by atoms with E-state index in [1.807, 2.05) is 44.2 Å². The average molecular weight is 675 g/mol. The Bertz CT molecular complexity index is 1230. The quantitative estimate of drug-likeness (QED) is 0.119. The largest absolute Gasteiger partial charge is 0.463 e. The Morgan fingerprint density at radius 1 is 1.23 bits per heavy atom. The molecule has 4 rings (SSSR count). The first-order valence-corrected chi connectivity index (χ1v) is 16.3. The van der Waals surface area contributed by atoms with E-state index in [1.165, 1.54) is 0 Å². The normalized spacial score (nSPS) is 27.6. The van der Waals surface area contributed by atoms with Crippen LogP contribution in [0.1, 0.15) is 57.6 Å². The van der Waals surface area contributed by atoms with E-state index in [1.54, 1.807) is 22.0 Å². The highest BCUT2D eigenvalue weighted by molar-refractivity contribution is 9.09. The lowest BCUT2D eigenvalue weighted by atomic mass is 9.70. The molecule has 1 spiro atoms. The topological polar surface area (TPSA) is 125 Å². The van der Waals surface area contributed by atoms with E-state index in [0.29, 0.717) is 32.2 Å². The molecule has 1 unspecified atom stereocenters. The number of likely N-dealkylation sites (tertiary alicyclic amines) is 1. The highest BCUT2D eigenvalue weighted by Gasteiger charge is 2.76. The molecule has 2 N–H and O–H groups in total. The summed E-state index contributed by atoms with van der Waals surface area (Å²) in [5.74, 6) is -3.07. The van der Waals surface area contributed by atoms with E-state index < -0.39 is 47.5 Å². The zero-order valence-electron chi connectivity index (χ0n) is 25.5. The van der Waals surface area contributed by atoms with Gasteiger partial charge in [0.1, 0.15) is 18.2 Å². The summed E-state index contributed by atoms with van der Waals surface area (Å²) in [6.45, 7) is 11.7. The molecule has 3 heterocycles. The minimum Gasteiger partial charge on any atom is -0.463 e. The first-order valence-electron chi connectivity index (χ1n) is 15.4.